The number of fused-ring (bicyclic) bond motifs is 3. The van der Waals surface area contributed by atoms with Gasteiger partial charge in [-0.25, -0.2) is 4.89 Å². The van der Waals surface area contributed by atoms with Crippen LogP contribution in [0.25, 0.3) is 0 Å². The van der Waals surface area contributed by atoms with E-state index in [1.54, 1.807) is 7.11 Å². The first-order chi connectivity index (χ1) is 13.7. The first-order valence-electron chi connectivity index (χ1n) is 9.90. The topological polar surface area (TPSA) is 73.2 Å². The number of ether oxygens (including phenoxy) is 2. The molecule has 1 aromatic carbocycles. The van der Waals surface area contributed by atoms with E-state index < -0.39 is 0 Å². The summed E-state index contributed by atoms with van der Waals surface area (Å²) < 4.78 is 21.8. The zero-order valence-corrected chi connectivity index (χ0v) is 17.2. The molecule has 2 aliphatic carbocycles. The first kappa shape index (κ1) is 20.0. The molecule has 7 heteroatoms. The Morgan fingerprint density at radius 2 is 2.18 bits per heavy atom. The quantitative estimate of drug-likeness (QED) is 0.207. The summed E-state index contributed by atoms with van der Waals surface area (Å²) in [5.41, 5.74) is 2.75. The molecule has 1 aliphatic heterocycles. The molecule has 0 aromatic heterocycles. The summed E-state index contributed by atoms with van der Waals surface area (Å²) in [6, 6.07) is 8.66. The van der Waals surface area contributed by atoms with Gasteiger partial charge in [-0.05, 0) is 66.7 Å². The van der Waals surface area contributed by atoms with Gasteiger partial charge in [0, 0.05) is 19.4 Å². The standard InChI is InChI=1S/C21H27NO5S/c1-23-12-14-10-19-17(7-8-21(13-25-21)20(19)4-3-9-22)16-6-5-15(11-18(14)16)26-28-27-24-2/h5-6,11,14,17,19-20H,3-4,7-8,10,12-13H2,1-2H3. The van der Waals surface area contributed by atoms with Crippen LogP contribution in [0, 0.1) is 23.2 Å². The van der Waals surface area contributed by atoms with Crippen molar-refractivity contribution in [2.75, 3.05) is 27.4 Å². The van der Waals surface area contributed by atoms with E-state index in [1.807, 2.05) is 6.07 Å². The van der Waals surface area contributed by atoms with Crippen LogP contribution in [0.4, 0.5) is 0 Å². The normalized spacial score (nSPS) is 33.0. The van der Waals surface area contributed by atoms with Gasteiger partial charge >= 0.3 is 0 Å². The predicted octanol–water partition coefficient (Wildman–Crippen LogP) is 4.52. The molecule has 0 N–H and O–H groups in total. The van der Waals surface area contributed by atoms with E-state index in [1.165, 1.54) is 18.2 Å². The number of nitriles is 1. The number of nitrogens with zero attached hydrogens (tertiary/aromatic N) is 1. The maximum absolute atomic E-state index is 9.15. The molecule has 1 aromatic rings. The maximum atomic E-state index is 9.15. The van der Waals surface area contributed by atoms with E-state index in [0.29, 0.717) is 36.7 Å². The van der Waals surface area contributed by atoms with Gasteiger partial charge in [-0.2, -0.15) is 5.26 Å². The lowest BCUT2D eigenvalue weighted by atomic mass is 9.57. The number of epoxide rings is 1. The van der Waals surface area contributed by atoms with Gasteiger partial charge in [0.25, 0.3) is 12.3 Å². The zero-order valence-electron chi connectivity index (χ0n) is 16.4. The second-order valence-electron chi connectivity index (χ2n) is 8.03. The molecule has 5 atom stereocenters. The van der Waals surface area contributed by atoms with Gasteiger partial charge in [0.15, 0.2) is 0 Å². The Kier molecular flexibility index (Phi) is 6.14. The van der Waals surface area contributed by atoms with Crippen molar-refractivity contribution >= 4 is 12.3 Å². The summed E-state index contributed by atoms with van der Waals surface area (Å²) in [7, 11) is 3.20. The van der Waals surface area contributed by atoms with Crippen LogP contribution in [0.1, 0.15) is 55.1 Å². The molecular formula is C21H27NO5S. The third-order valence-electron chi connectivity index (χ3n) is 6.72. The van der Waals surface area contributed by atoms with Crippen molar-refractivity contribution in [1.82, 2.24) is 0 Å². The highest BCUT2D eigenvalue weighted by molar-refractivity contribution is 7.90. The van der Waals surface area contributed by atoms with Crippen LogP contribution in [-0.2, 0) is 18.7 Å². The highest BCUT2D eigenvalue weighted by Crippen LogP contribution is 2.60. The van der Waals surface area contributed by atoms with Crippen LogP contribution in [0.2, 0.25) is 0 Å². The van der Waals surface area contributed by atoms with Gasteiger partial charge in [0.05, 0.1) is 32.0 Å². The van der Waals surface area contributed by atoms with Crippen LogP contribution in [0.5, 0.6) is 5.75 Å². The summed E-state index contributed by atoms with van der Waals surface area (Å²) in [5.74, 6) is 2.57. The lowest BCUT2D eigenvalue weighted by Gasteiger charge is -2.47. The molecule has 5 unspecified atom stereocenters. The van der Waals surface area contributed by atoms with Crippen LogP contribution in [-0.4, -0.2) is 33.0 Å². The van der Waals surface area contributed by atoms with Gasteiger partial charge in [0.2, 0.25) is 0 Å². The molecule has 152 valence electrons. The molecule has 1 heterocycles. The predicted molar refractivity (Wildman–Crippen MR) is 104 cm³/mol. The first-order valence-corrected chi connectivity index (χ1v) is 10.6. The molecular weight excluding hydrogens is 378 g/mol. The molecule has 2 fully saturated rings. The SMILES string of the molecule is COCC1CC2C(CCC3(CO3)C2CCC#N)c2ccc(OSOOC)cc21. The van der Waals surface area contributed by atoms with Crippen LogP contribution < -0.4 is 4.18 Å². The summed E-state index contributed by atoms with van der Waals surface area (Å²) in [5, 5.41) is 9.15. The van der Waals surface area contributed by atoms with Crippen molar-refractivity contribution in [3.63, 3.8) is 0 Å². The third-order valence-corrected chi connectivity index (χ3v) is 7.17. The molecule has 4 rings (SSSR count). The number of hydrogen-bond acceptors (Lipinski definition) is 7. The smallest absolute Gasteiger partial charge is 0.258 e. The summed E-state index contributed by atoms with van der Waals surface area (Å²) in [6.07, 6.45) is 4.83. The summed E-state index contributed by atoms with van der Waals surface area (Å²) >= 11 is 0.811. The molecule has 6 nitrogen and oxygen atoms in total. The Balaban J connectivity index is 1.62. The van der Waals surface area contributed by atoms with Gasteiger partial charge in [-0.15, -0.1) is 4.33 Å². The minimum absolute atomic E-state index is 0.0321. The summed E-state index contributed by atoms with van der Waals surface area (Å²) in [4.78, 5) is 4.56. The fourth-order valence-electron chi connectivity index (χ4n) is 5.52. The fourth-order valence-corrected chi connectivity index (χ4v) is 5.79. The van der Waals surface area contributed by atoms with E-state index in [9.17, 15) is 0 Å². The van der Waals surface area contributed by atoms with Crippen molar-refractivity contribution < 1.29 is 22.9 Å². The minimum Gasteiger partial charge on any atom is -0.399 e. The van der Waals surface area contributed by atoms with Crippen LogP contribution >= 0.6 is 12.3 Å². The van der Waals surface area contributed by atoms with Crippen LogP contribution in [0.15, 0.2) is 18.2 Å². The van der Waals surface area contributed by atoms with E-state index in [2.05, 4.69) is 23.1 Å². The van der Waals surface area contributed by atoms with Crippen molar-refractivity contribution in [3.8, 4) is 11.8 Å². The molecule has 1 saturated carbocycles. The van der Waals surface area contributed by atoms with Crippen molar-refractivity contribution in [2.24, 2.45) is 11.8 Å². The Bertz CT molecular complexity index is 732. The fraction of sp³-hybridized carbons (Fsp3) is 0.667. The largest absolute Gasteiger partial charge is 0.399 e. The minimum atomic E-state index is 0.0321. The highest BCUT2D eigenvalue weighted by Gasteiger charge is 2.59. The molecule has 28 heavy (non-hydrogen) atoms. The van der Waals surface area contributed by atoms with Crippen molar-refractivity contribution in [1.29, 1.82) is 5.26 Å². The van der Waals surface area contributed by atoms with E-state index in [-0.39, 0.29) is 5.60 Å². The molecule has 1 spiro atoms. The van der Waals surface area contributed by atoms with Crippen molar-refractivity contribution in [3.05, 3.63) is 29.3 Å². The average molecular weight is 406 g/mol. The maximum Gasteiger partial charge on any atom is 0.258 e. The lowest BCUT2D eigenvalue weighted by Crippen LogP contribution is -2.43. The van der Waals surface area contributed by atoms with E-state index >= 15 is 0 Å². The Morgan fingerprint density at radius 3 is 2.89 bits per heavy atom. The van der Waals surface area contributed by atoms with Gasteiger partial charge in [-0.3, -0.25) is 0 Å². The number of hydrogen-bond donors (Lipinski definition) is 0. The van der Waals surface area contributed by atoms with E-state index in [4.69, 9.17) is 23.3 Å². The monoisotopic (exact) mass is 405 g/mol. The lowest BCUT2D eigenvalue weighted by molar-refractivity contribution is -0.164. The van der Waals surface area contributed by atoms with Gasteiger partial charge in [-0.1, -0.05) is 6.07 Å². The zero-order chi connectivity index (χ0) is 19.6. The number of rotatable bonds is 8. The van der Waals surface area contributed by atoms with Gasteiger partial charge < -0.3 is 13.7 Å². The molecule has 0 amide bonds. The molecule has 0 bridgehead atoms. The van der Waals surface area contributed by atoms with Crippen molar-refractivity contribution in [2.45, 2.75) is 49.5 Å². The molecule has 3 aliphatic rings. The Hall–Kier alpha value is -1.30. The Labute approximate surface area is 170 Å². The average Bonchev–Trinajstić information content (AvgIpc) is 3.48. The number of benzene rings is 1. The third kappa shape index (κ3) is 3.77. The number of methoxy groups -OCH3 is 1. The highest BCUT2D eigenvalue weighted by atomic mass is 32.2. The summed E-state index contributed by atoms with van der Waals surface area (Å²) in [6.45, 7) is 1.54. The second-order valence-corrected chi connectivity index (χ2v) is 8.47. The molecule has 1 saturated heterocycles. The Morgan fingerprint density at radius 1 is 1.32 bits per heavy atom. The van der Waals surface area contributed by atoms with Gasteiger partial charge in [0.1, 0.15) is 5.75 Å². The second kappa shape index (κ2) is 8.60. The molecule has 0 radical (unpaired) electrons. The van der Waals surface area contributed by atoms with E-state index in [0.717, 1.165) is 50.4 Å². The van der Waals surface area contributed by atoms with Crippen LogP contribution in [0.3, 0.4) is 0 Å².